The Kier molecular flexibility index (Phi) is 3.04. The molecule has 0 aliphatic rings. The van der Waals surface area contributed by atoms with Crippen molar-refractivity contribution in [3.05, 3.63) is 42.1 Å². The van der Waals surface area contributed by atoms with Crippen LogP contribution in [0.2, 0.25) is 0 Å². The number of amides is 1. The number of nitrogens with zero attached hydrogens (tertiary/aromatic N) is 3. The highest BCUT2D eigenvalue weighted by Gasteiger charge is 2.08. The minimum Gasteiger partial charge on any atom is -0.383 e. The highest BCUT2D eigenvalue weighted by atomic mass is 16.1. The third-order valence-electron chi connectivity index (χ3n) is 2.30. The van der Waals surface area contributed by atoms with E-state index in [0.717, 1.165) is 5.56 Å². The summed E-state index contributed by atoms with van der Waals surface area (Å²) < 4.78 is 1.72. The molecule has 0 radical (unpaired) electrons. The summed E-state index contributed by atoms with van der Waals surface area (Å²) in [7, 11) is 1.81. The molecule has 6 heteroatoms. The lowest BCUT2D eigenvalue weighted by molar-refractivity contribution is 0.0946. The zero-order valence-corrected chi connectivity index (χ0v) is 9.42. The largest absolute Gasteiger partial charge is 0.383 e. The Morgan fingerprint density at radius 3 is 3.00 bits per heavy atom. The van der Waals surface area contributed by atoms with E-state index in [1.807, 2.05) is 13.1 Å². The van der Waals surface area contributed by atoms with E-state index >= 15 is 0 Å². The number of imidazole rings is 1. The van der Waals surface area contributed by atoms with Crippen LogP contribution in [0, 0.1) is 0 Å². The first-order valence-corrected chi connectivity index (χ1v) is 5.12. The molecule has 0 aliphatic carbocycles. The number of carbonyl (C=O) groups is 1. The molecule has 0 atom stereocenters. The predicted molar refractivity (Wildman–Crippen MR) is 63.0 cm³/mol. The van der Waals surface area contributed by atoms with E-state index < -0.39 is 0 Å². The first kappa shape index (κ1) is 11.1. The number of hydrogen-bond donors (Lipinski definition) is 2. The monoisotopic (exact) mass is 231 g/mol. The molecule has 0 bridgehead atoms. The number of aromatic nitrogens is 3. The van der Waals surface area contributed by atoms with Gasteiger partial charge in [0.25, 0.3) is 5.91 Å². The second-order valence-corrected chi connectivity index (χ2v) is 3.65. The molecule has 0 saturated heterocycles. The molecule has 0 aromatic carbocycles. The van der Waals surface area contributed by atoms with E-state index in [4.69, 9.17) is 5.73 Å². The number of hydrogen-bond acceptors (Lipinski definition) is 4. The number of rotatable bonds is 3. The van der Waals surface area contributed by atoms with Crippen LogP contribution in [-0.4, -0.2) is 20.4 Å². The molecule has 1 amide bonds. The first-order valence-electron chi connectivity index (χ1n) is 5.12. The maximum Gasteiger partial charge on any atom is 0.271 e. The molecule has 0 saturated carbocycles. The van der Waals surface area contributed by atoms with Crippen LogP contribution in [0.5, 0.6) is 0 Å². The standard InChI is InChI=1S/C11H13N5O/c1-16-6-9(15-7-16)11(17)14-5-8-3-2-4-13-10(8)12/h2-4,6-7H,5H2,1H3,(H2,12,13)(H,14,17). The Morgan fingerprint density at radius 1 is 1.53 bits per heavy atom. The minimum atomic E-state index is -0.228. The Bertz CT molecular complexity index is 534. The van der Waals surface area contributed by atoms with E-state index in [0.29, 0.717) is 18.1 Å². The molecule has 6 nitrogen and oxygen atoms in total. The highest BCUT2D eigenvalue weighted by Crippen LogP contribution is 2.06. The van der Waals surface area contributed by atoms with Crippen molar-refractivity contribution in [2.24, 2.45) is 7.05 Å². The van der Waals surface area contributed by atoms with Gasteiger partial charge in [-0.1, -0.05) is 6.07 Å². The lowest BCUT2D eigenvalue weighted by atomic mass is 10.2. The maximum atomic E-state index is 11.7. The Balaban J connectivity index is 1.99. The average Bonchev–Trinajstić information content (AvgIpc) is 2.74. The van der Waals surface area contributed by atoms with Crippen LogP contribution < -0.4 is 11.1 Å². The van der Waals surface area contributed by atoms with Gasteiger partial charge < -0.3 is 15.6 Å². The number of carbonyl (C=O) groups excluding carboxylic acids is 1. The van der Waals surface area contributed by atoms with Crippen LogP contribution >= 0.6 is 0 Å². The fourth-order valence-electron chi connectivity index (χ4n) is 1.40. The molecule has 3 N–H and O–H groups in total. The first-order chi connectivity index (χ1) is 8.16. The molecular formula is C11H13N5O. The summed E-state index contributed by atoms with van der Waals surface area (Å²) in [5, 5.41) is 2.73. The molecule has 2 aromatic heterocycles. The van der Waals surface area contributed by atoms with E-state index in [-0.39, 0.29) is 5.91 Å². The summed E-state index contributed by atoms with van der Waals surface area (Å²) in [4.78, 5) is 19.6. The molecule has 0 aliphatic heterocycles. The Labute approximate surface area is 98.5 Å². The zero-order valence-electron chi connectivity index (χ0n) is 9.42. The third kappa shape index (κ3) is 2.60. The van der Waals surface area contributed by atoms with E-state index in [1.165, 1.54) is 0 Å². The van der Waals surface area contributed by atoms with Crippen LogP contribution in [0.15, 0.2) is 30.9 Å². The number of nitrogen functional groups attached to an aromatic ring is 1. The van der Waals surface area contributed by atoms with Crippen molar-refractivity contribution in [2.75, 3.05) is 5.73 Å². The van der Waals surface area contributed by atoms with Crippen LogP contribution in [0.3, 0.4) is 0 Å². The number of nitrogens with two attached hydrogens (primary N) is 1. The molecular weight excluding hydrogens is 218 g/mol. The zero-order chi connectivity index (χ0) is 12.3. The topological polar surface area (TPSA) is 85.8 Å². The van der Waals surface area contributed by atoms with Gasteiger partial charge in [-0.15, -0.1) is 0 Å². The molecule has 17 heavy (non-hydrogen) atoms. The van der Waals surface area contributed by atoms with Crippen molar-refractivity contribution in [3.8, 4) is 0 Å². The molecule has 0 unspecified atom stereocenters. The molecule has 0 fully saturated rings. The normalized spacial score (nSPS) is 10.2. The summed E-state index contributed by atoms with van der Waals surface area (Å²) in [5.41, 5.74) is 6.84. The van der Waals surface area contributed by atoms with Crippen molar-refractivity contribution in [1.82, 2.24) is 19.9 Å². The minimum absolute atomic E-state index is 0.228. The maximum absolute atomic E-state index is 11.7. The van der Waals surface area contributed by atoms with Gasteiger partial charge in [0.1, 0.15) is 11.5 Å². The summed E-state index contributed by atoms with van der Waals surface area (Å²) >= 11 is 0. The SMILES string of the molecule is Cn1cnc(C(=O)NCc2cccnc2N)c1. The van der Waals surface area contributed by atoms with Gasteiger partial charge in [-0.25, -0.2) is 9.97 Å². The van der Waals surface area contributed by atoms with Crippen molar-refractivity contribution >= 4 is 11.7 Å². The molecule has 88 valence electrons. The smallest absolute Gasteiger partial charge is 0.271 e. The third-order valence-corrected chi connectivity index (χ3v) is 2.30. The van der Waals surface area contributed by atoms with Gasteiger partial charge in [-0.2, -0.15) is 0 Å². The summed E-state index contributed by atoms with van der Waals surface area (Å²) in [6.07, 6.45) is 4.84. The fourth-order valence-corrected chi connectivity index (χ4v) is 1.40. The Morgan fingerprint density at radius 2 is 2.35 bits per heavy atom. The number of anilines is 1. The van der Waals surface area contributed by atoms with Crippen LogP contribution in [0.25, 0.3) is 0 Å². The van der Waals surface area contributed by atoms with E-state index in [1.54, 1.807) is 29.4 Å². The van der Waals surface area contributed by atoms with Gasteiger partial charge in [0.2, 0.25) is 0 Å². The molecule has 0 spiro atoms. The average molecular weight is 231 g/mol. The second kappa shape index (κ2) is 4.65. The predicted octanol–water partition coefficient (Wildman–Crippen LogP) is 0.327. The van der Waals surface area contributed by atoms with Crippen LogP contribution in [-0.2, 0) is 13.6 Å². The quantitative estimate of drug-likeness (QED) is 0.797. The van der Waals surface area contributed by atoms with Crippen LogP contribution in [0.4, 0.5) is 5.82 Å². The van der Waals surface area contributed by atoms with E-state index in [9.17, 15) is 4.79 Å². The number of aryl methyl sites for hydroxylation is 1. The Hall–Kier alpha value is -2.37. The molecule has 2 rings (SSSR count). The van der Waals surface area contributed by atoms with Gasteiger partial charge >= 0.3 is 0 Å². The van der Waals surface area contributed by atoms with Crippen molar-refractivity contribution in [2.45, 2.75) is 6.54 Å². The highest BCUT2D eigenvalue weighted by molar-refractivity contribution is 5.92. The fraction of sp³-hybridized carbons (Fsp3) is 0.182. The summed E-state index contributed by atoms with van der Waals surface area (Å²) in [5.74, 6) is 0.197. The second-order valence-electron chi connectivity index (χ2n) is 3.65. The lowest BCUT2D eigenvalue weighted by Gasteiger charge is -2.05. The molecule has 2 heterocycles. The van der Waals surface area contributed by atoms with Crippen molar-refractivity contribution < 1.29 is 4.79 Å². The summed E-state index contributed by atoms with van der Waals surface area (Å²) in [6, 6.07) is 3.60. The van der Waals surface area contributed by atoms with Gasteiger partial charge in [-0.05, 0) is 6.07 Å². The van der Waals surface area contributed by atoms with Gasteiger partial charge in [0.05, 0.1) is 6.33 Å². The van der Waals surface area contributed by atoms with E-state index in [2.05, 4.69) is 15.3 Å². The van der Waals surface area contributed by atoms with Gasteiger partial charge in [0, 0.05) is 31.5 Å². The number of pyridine rings is 1. The van der Waals surface area contributed by atoms with Crippen LogP contribution in [0.1, 0.15) is 16.1 Å². The van der Waals surface area contributed by atoms with Crippen molar-refractivity contribution in [1.29, 1.82) is 0 Å². The van der Waals surface area contributed by atoms with Gasteiger partial charge in [0.15, 0.2) is 0 Å². The van der Waals surface area contributed by atoms with Crippen molar-refractivity contribution in [3.63, 3.8) is 0 Å². The van der Waals surface area contributed by atoms with Gasteiger partial charge in [-0.3, -0.25) is 4.79 Å². The lowest BCUT2D eigenvalue weighted by Crippen LogP contribution is -2.23. The molecule has 2 aromatic rings. The summed E-state index contributed by atoms with van der Waals surface area (Å²) in [6.45, 7) is 0.342. The number of nitrogens with one attached hydrogen (secondary N) is 1.